The summed E-state index contributed by atoms with van der Waals surface area (Å²) < 4.78 is 31.2. The average Bonchev–Trinajstić information content (AvgIpc) is 3.02. The standard InChI is InChI=1S/C19H18BrN3O5S2/c1-2-28-17(24)9-10-23-15-8-7-12(30(21,26)27)11-16(15)29-19(23)22-18(25)13-5-3-4-6-14(13)20/h3-8,11H,2,9-10H2,1H3,(H2,21,26,27). The second kappa shape index (κ2) is 9.21. The molecule has 3 aromatic rings. The van der Waals surface area contributed by atoms with Crippen LogP contribution in [-0.2, 0) is 26.1 Å². The number of fused-ring (bicyclic) bond motifs is 1. The highest BCUT2D eigenvalue weighted by molar-refractivity contribution is 9.10. The molecule has 158 valence electrons. The number of aromatic nitrogens is 1. The number of nitrogens with two attached hydrogens (primary N) is 1. The van der Waals surface area contributed by atoms with Crippen molar-refractivity contribution >= 4 is 59.4 Å². The third-order valence-electron chi connectivity index (χ3n) is 4.13. The molecule has 1 heterocycles. The predicted molar refractivity (Wildman–Crippen MR) is 116 cm³/mol. The number of rotatable bonds is 6. The van der Waals surface area contributed by atoms with E-state index in [4.69, 9.17) is 9.88 Å². The average molecular weight is 512 g/mol. The molecule has 3 rings (SSSR count). The van der Waals surface area contributed by atoms with Gasteiger partial charge in [-0.1, -0.05) is 23.5 Å². The van der Waals surface area contributed by atoms with E-state index in [1.165, 1.54) is 12.1 Å². The number of esters is 1. The van der Waals surface area contributed by atoms with Gasteiger partial charge in [0.1, 0.15) is 0 Å². The number of carbonyl (C=O) groups excluding carboxylic acids is 2. The number of aryl methyl sites for hydroxylation is 1. The molecule has 0 bridgehead atoms. The Bertz CT molecular complexity index is 1290. The summed E-state index contributed by atoms with van der Waals surface area (Å²) in [4.78, 5) is 29.1. The molecule has 30 heavy (non-hydrogen) atoms. The van der Waals surface area contributed by atoms with Gasteiger partial charge in [-0.2, -0.15) is 4.99 Å². The number of hydrogen-bond donors (Lipinski definition) is 1. The van der Waals surface area contributed by atoms with Crippen LogP contribution in [0.2, 0.25) is 0 Å². The third kappa shape index (κ3) is 5.04. The van der Waals surface area contributed by atoms with Gasteiger partial charge in [-0.05, 0) is 53.2 Å². The van der Waals surface area contributed by atoms with Crippen LogP contribution in [0.3, 0.4) is 0 Å². The molecule has 0 radical (unpaired) electrons. The first-order valence-corrected chi connectivity index (χ1v) is 12.0. The molecule has 0 saturated heterocycles. The number of hydrogen-bond acceptors (Lipinski definition) is 6. The SMILES string of the molecule is CCOC(=O)CCn1c(=NC(=O)c2ccccc2Br)sc2cc(S(N)(=O)=O)ccc21. The van der Waals surface area contributed by atoms with Gasteiger partial charge in [0, 0.05) is 11.0 Å². The van der Waals surface area contributed by atoms with Crippen LogP contribution < -0.4 is 9.94 Å². The minimum Gasteiger partial charge on any atom is -0.466 e. The molecule has 0 unspecified atom stereocenters. The van der Waals surface area contributed by atoms with Crippen molar-refractivity contribution in [1.29, 1.82) is 0 Å². The summed E-state index contributed by atoms with van der Waals surface area (Å²) in [5.41, 5.74) is 1.02. The minimum absolute atomic E-state index is 0.0440. The fourth-order valence-corrected chi connectivity index (χ4v) is 4.91. The van der Waals surface area contributed by atoms with Crippen LogP contribution in [-0.4, -0.2) is 31.5 Å². The van der Waals surface area contributed by atoms with E-state index in [-0.39, 0.29) is 30.4 Å². The number of carbonyl (C=O) groups is 2. The number of nitrogens with zero attached hydrogens (tertiary/aromatic N) is 2. The highest BCUT2D eigenvalue weighted by atomic mass is 79.9. The molecule has 2 aromatic carbocycles. The van der Waals surface area contributed by atoms with Crippen LogP contribution in [0, 0.1) is 0 Å². The fourth-order valence-electron chi connectivity index (χ4n) is 2.75. The van der Waals surface area contributed by atoms with Gasteiger partial charge in [-0.15, -0.1) is 0 Å². The summed E-state index contributed by atoms with van der Waals surface area (Å²) in [7, 11) is -3.88. The number of primary sulfonamides is 1. The van der Waals surface area contributed by atoms with Crippen molar-refractivity contribution in [2.24, 2.45) is 10.1 Å². The first-order chi connectivity index (χ1) is 14.2. The summed E-state index contributed by atoms with van der Waals surface area (Å²) in [6, 6.07) is 11.3. The van der Waals surface area contributed by atoms with E-state index >= 15 is 0 Å². The van der Waals surface area contributed by atoms with Crippen LogP contribution in [0.4, 0.5) is 0 Å². The van der Waals surface area contributed by atoms with Gasteiger partial charge in [-0.25, -0.2) is 13.6 Å². The Morgan fingerprint density at radius 1 is 1.23 bits per heavy atom. The first kappa shape index (κ1) is 22.3. The second-order valence-electron chi connectivity index (χ2n) is 6.16. The van der Waals surface area contributed by atoms with E-state index in [2.05, 4.69) is 20.9 Å². The molecule has 2 N–H and O–H groups in total. The van der Waals surface area contributed by atoms with Gasteiger partial charge >= 0.3 is 5.97 Å². The number of amides is 1. The molecular formula is C19H18BrN3O5S2. The summed E-state index contributed by atoms with van der Waals surface area (Å²) in [6.07, 6.45) is 0.0764. The number of ether oxygens (including phenoxy) is 1. The molecule has 8 nitrogen and oxygen atoms in total. The van der Waals surface area contributed by atoms with E-state index in [1.54, 1.807) is 41.8 Å². The topological polar surface area (TPSA) is 121 Å². The van der Waals surface area contributed by atoms with Crippen LogP contribution in [0.5, 0.6) is 0 Å². The van der Waals surface area contributed by atoms with E-state index < -0.39 is 15.9 Å². The molecule has 0 aliphatic rings. The third-order valence-corrected chi connectivity index (χ3v) is 6.77. The smallest absolute Gasteiger partial charge is 0.307 e. The Labute approximate surface area is 185 Å². The molecule has 0 spiro atoms. The number of sulfonamides is 1. The zero-order valence-corrected chi connectivity index (χ0v) is 19.1. The zero-order valence-electron chi connectivity index (χ0n) is 15.9. The Kier molecular flexibility index (Phi) is 6.86. The van der Waals surface area contributed by atoms with Gasteiger partial charge in [0.25, 0.3) is 5.91 Å². The van der Waals surface area contributed by atoms with Crippen LogP contribution >= 0.6 is 27.3 Å². The fraction of sp³-hybridized carbons (Fsp3) is 0.211. The van der Waals surface area contributed by atoms with Crippen molar-refractivity contribution in [2.45, 2.75) is 24.8 Å². The monoisotopic (exact) mass is 511 g/mol. The van der Waals surface area contributed by atoms with Gasteiger partial charge in [0.15, 0.2) is 4.80 Å². The van der Waals surface area contributed by atoms with Crippen LogP contribution in [0.25, 0.3) is 10.2 Å². The number of thiazole rings is 1. The quantitative estimate of drug-likeness (QED) is 0.510. The van der Waals surface area contributed by atoms with Gasteiger partial charge in [-0.3, -0.25) is 9.59 Å². The lowest BCUT2D eigenvalue weighted by Gasteiger charge is -2.06. The van der Waals surface area contributed by atoms with Gasteiger partial charge < -0.3 is 9.30 Å². The Balaban J connectivity index is 2.12. The maximum Gasteiger partial charge on any atom is 0.307 e. The van der Waals surface area contributed by atoms with Crippen molar-refractivity contribution < 1.29 is 22.7 Å². The first-order valence-electron chi connectivity index (χ1n) is 8.86. The molecule has 11 heteroatoms. The highest BCUT2D eigenvalue weighted by Crippen LogP contribution is 2.22. The van der Waals surface area contributed by atoms with Crippen molar-refractivity contribution in [3.05, 3.63) is 57.3 Å². The Morgan fingerprint density at radius 2 is 1.97 bits per heavy atom. The molecular weight excluding hydrogens is 494 g/mol. The molecule has 0 atom stereocenters. The zero-order chi connectivity index (χ0) is 21.9. The van der Waals surface area contributed by atoms with Crippen molar-refractivity contribution in [2.75, 3.05) is 6.61 Å². The second-order valence-corrected chi connectivity index (χ2v) is 9.59. The largest absolute Gasteiger partial charge is 0.466 e. The van der Waals surface area contributed by atoms with Crippen LogP contribution in [0.15, 0.2) is 56.8 Å². The molecule has 0 saturated carbocycles. The van der Waals surface area contributed by atoms with Gasteiger partial charge in [0.05, 0.1) is 33.7 Å². The molecule has 1 aromatic heterocycles. The Morgan fingerprint density at radius 3 is 2.63 bits per heavy atom. The van der Waals surface area contributed by atoms with E-state index in [9.17, 15) is 18.0 Å². The van der Waals surface area contributed by atoms with E-state index in [1.807, 2.05) is 0 Å². The lowest BCUT2D eigenvalue weighted by molar-refractivity contribution is -0.143. The summed E-state index contributed by atoms with van der Waals surface area (Å²) in [6.45, 7) is 2.20. The molecule has 1 amide bonds. The highest BCUT2D eigenvalue weighted by Gasteiger charge is 2.15. The van der Waals surface area contributed by atoms with Crippen molar-refractivity contribution in [1.82, 2.24) is 4.57 Å². The number of halogens is 1. The summed E-state index contributed by atoms with van der Waals surface area (Å²) in [5.74, 6) is -0.848. The maximum absolute atomic E-state index is 12.7. The van der Waals surface area contributed by atoms with E-state index in [0.717, 1.165) is 11.3 Å². The predicted octanol–water partition coefficient (Wildman–Crippen LogP) is 2.81. The van der Waals surface area contributed by atoms with Crippen molar-refractivity contribution in [3.63, 3.8) is 0 Å². The normalized spacial score (nSPS) is 12.3. The minimum atomic E-state index is -3.88. The number of benzene rings is 2. The summed E-state index contributed by atoms with van der Waals surface area (Å²) >= 11 is 4.47. The van der Waals surface area contributed by atoms with Crippen LogP contribution in [0.1, 0.15) is 23.7 Å². The maximum atomic E-state index is 12.7. The van der Waals surface area contributed by atoms with E-state index in [0.29, 0.717) is 25.1 Å². The molecule has 0 aliphatic carbocycles. The Hall–Kier alpha value is -2.34. The molecule has 0 aliphatic heterocycles. The lowest BCUT2D eigenvalue weighted by atomic mass is 10.2. The summed E-state index contributed by atoms with van der Waals surface area (Å²) in [5, 5.41) is 5.22. The van der Waals surface area contributed by atoms with Crippen molar-refractivity contribution in [3.8, 4) is 0 Å². The van der Waals surface area contributed by atoms with Gasteiger partial charge in [0.2, 0.25) is 10.0 Å². The lowest BCUT2D eigenvalue weighted by Crippen LogP contribution is -2.19. The molecule has 0 fully saturated rings.